The third-order valence-corrected chi connectivity index (χ3v) is 5.73. The molecule has 0 radical (unpaired) electrons. The number of benzene rings is 3. The van der Waals surface area contributed by atoms with Gasteiger partial charge in [0.1, 0.15) is 11.5 Å². The second kappa shape index (κ2) is 13.3. The highest BCUT2D eigenvalue weighted by molar-refractivity contribution is 14.0. The Balaban J connectivity index is 0.00000385. The first-order valence-corrected chi connectivity index (χ1v) is 11.5. The van der Waals surface area contributed by atoms with Gasteiger partial charge in [0.25, 0.3) is 0 Å². The zero-order chi connectivity index (χ0) is 22.9. The third-order valence-electron chi connectivity index (χ3n) is 5.02. The minimum atomic E-state index is 0. The minimum Gasteiger partial charge on any atom is -0.497 e. The first-order valence-electron chi connectivity index (χ1n) is 10.3. The molecule has 0 fully saturated rings. The van der Waals surface area contributed by atoms with Gasteiger partial charge in [0.2, 0.25) is 0 Å². The van der Waals surface area contributed by atoms with Crippen LogP contribution in [0, 0.1) is 0 Å². The van der Waals surface area contributed by atoms with Crippen molar-refractivity contribution in [3.63, 3.8) is 0 Å². The molecule has 7 heteroatoms. The van der Waals surface area contributed by atoms with E-state index in [1.807, 2.05) is 54.8 Å². The Hall–Kier alpha value is -2.52. The van der Waals surface area contributed by atoms with Crippen molar-refractivity contribution in [2.24, 2.45) is 4.99 Å². The van der Waals surface area contributed by atoms with Gasteiger partial charge in [0, 0.05) is 18.7 Å². The van der Waals surface area contributed by atoms with Crippen molar-refractivity contribution >= 4 is 52.4 Å². The number of Topliss-reactive ketones (excluding diaryl/α,β-unsaturated/α-hetero) is 1. The van der Waals surface area contributed by atoms with Gasteiger partial charge in [-0.05, 0) is 72.8 Å². The first-order chi connectivity index (χ1) is 15.5. The Bertz CT molecular complexity index is 1000. The van der Waals surface area contributed by atoms with Crippen LogP contribution < -0.4 is 9.47 Å². The van der Waals surface area contributed by atoms with Crippen molar-refractivity contribution in [1.29, 1.82) is 0 Å². The lowest BCUT2D eigenvalue weighted by Crippen LogP contribution is -2.27. The largest absolute Gasteiger partial charge is 0.497 e. The molecule has 0 aliphatic rings. The number of amidine groups is 1. The number of halogens is 1. The molecule has 0 aliphatic heterocycles. The summed E-state index contributed by atoms with van der Waals surface area (Å²) in [6.45, 7) is 2.96. The number of rotatable bonds is 8. The van der Waals surface area contributed by atoms with Gasteiger partial charge in [-0.25, -0.2) is 4.99 Å². The van der Waals surface area contributed by atoms with E-state index in [2.05, 4.69) is 29.2 Å². The lowest BCUT2D eigenvalue weighted by molar-refractivity contribution is 0.101. The summed E-state index contributed by atoms with van der Waals surface area (Å²) in [5.74, 6) is 1.71. The first kappa shape index (κ1) is 26.7. The second-order valence-electron chi connectivity index (χ2n) is 7.25. The summed E-state index contributed by atoms with van der Waals surface area (Å²) < 4.78 is 10.6. The van der Waals surface area contributed by atoms with Crippen molar-refractivity contribution in [2.75, 3.05) is 20.5 Å². The number of ether oxygens (including phenoxy) is 2. The number of carbonyl (C=O) groups is 1. The molecule has 5 nitrogen and oxygen atoms in total. The third kappa shape index (κ3) is 7.78. The van der Waals surface area contributed by atoms with Crippen LogP contribution >= 0.6 is 35.7 Å². The molecule has 0 aliphatic carbocycles. The molecule has 0 atom stereocenters. The van der Waals surface area contributed by atoms with Crippen molar-refractivity contribution < 1.29 is 14.3 Å². The Labute approximate surface area is 217 Å². The summed E-state index contributed by atoms with van der Waals surface area (Å²) in [6.07, 6.45) is 2.03. The fourth-order valence-corrected chi connectivity index (χ4v) is 3.80. The quantitative estimate of drug-likeness (QED) is 0.131. The summed E-state index contributed by atoms with van der Waals surface area (Å²) in [4.78, 5) is 18.7. The van der Waals surface area contributed by atoms with Crippen molar-refractivity contribution in [2.45, 2.75) is 20.0 Å². The summed E-state index contributed by atoms with van der Waals surface area (Å²) in [5.41, 5.74) is 3.82. The van der Waals surface area contributed by atoms with E-state index in [1.165, 1.54) is 0 Å². The predicted octanol–water partition coefficient (Wildman–Crippen LogP) is 6.58. The number of ketones is 1. The average molecular weight is 577 g/mol. The molecule has 0 amide bonds. The molecule has 33 heavy (non-hydrogen) atoms. The lowest BCUT2D eigenvalue weighted by atomic mass is 10.1. The highest BCUT2D eigenvalue weighted by atomic mass is 127. The summed E-state index contributed by atoms with van der Waals surface area (Å²) in [6, 6.07) is 23.5. The SMILES string of the molecule is COc1ccc(CN(Cc2ccc(OC)cc2)C(=Nc2ccc(C(C)=O)cc2)SC)cc1.I. The number of hydrogen-bond donors (Lipinski definition) is 0. The summed E-state index contributed by atoms with van der Waals surface area (Å²) >= 11 is 1.60. The topological polar surface area (TPSA) is 51.1 Å². The molecule has 0 aromatic heterocycles. The molecule has 0 bridgehead atoms. The molecular weight excluding hydrogens is 547 g/mol. The standard InChI is InChI=1S/C26H28N2O3S.HI/c1-19(29)22-9-11-23(12-10-22)27-26(32-4)28(17-20-5-13-24(30-2)14-6-20)18-21-7-15-25(31-3)16-8-21;/h5-16H,17-18H2,1-4H3;1H. The number of aliphatic imine (C=N–C) groups is 1. The molecule has 3 aromatic carbocycles. The van der Waals surface area contributed by atoms with E-state index in [0.717, 1.165) is 33.5 Å². The second-order valence-corrected chi connectivity index (χ2v) is 8.03. The average Bonchev–Trinajstić information content (AvgIpc) is 2.83. The summed E-state index contributed by atoms with van der Waals surface area (Å²) in [7, 11) is 3.34. The number of nitrogens with zero attached hydrogens (tertiary/aromatic N) is 2. The van der Waals surface area contributed by atoms with Crippen LogP contribution in [0.4, 0.5) is 5.69 Å². The minimum absolute atomic E-state index is 0. The van der Waals surface area contributed by atoms with Crippen LogP contribution in [-0.2, 0) is 13.1 Å². The van der Waals surface area contributed by atoms with E-state index in [1.54, 1.807) is 32.9 Å². The monoisotopic (exact) mass is 576 g/mol. The maximum Gasteiger partial charge on any atom is 0.164 e. The Kier molecular flexibility index (Phi) is 10.7. The zero-order valence-corrected chi connectivity index (χ0v) is 22.4. The molecule has 3 rings (SSSR count). The molecule has 0 unspecified atom stereocenters. The number of carbonyl (C=O) groups excluding carboxylic acids is 1. The molecule has 0 saturated carbocycles. The maximum atomic E-state index is 11.6. The van der Waals surface area contributed by atoms with Crippen LogP contribution in [0.15, 0.2) is 77.8 Å². The molecular formula is C26H29IN2O3S. The van der Waals surface area contributed by atoms with Gasteiger partial charge < -0.3 is 14.4 Å². The molecule has 0 saturated heterocycles. The van der Waals surface area contributed by atoms with E-state index < -0.39 is 0 Å². The predicted molar refractivity (Wildman–Crippen MR) is 148 cm³/mol. The number of methoxy groups -OCH3 is 2. The Morgan fingerprint density at radius 3 is 1.64 bits per heavy atom. The van der Waals surface area contributed by atoms with Crippen LogP contribution in [0.3, 0.4) is 0 Å². The van der Waals surface area contributed by atoms with E-state index in [9.17, 15) is 4.79 Å². The molecule has 3 aromatic rings. The van der Waals surface area contributed by atoms with Crippen LogP contribution in [0.1, 0.15) is 28.4 Å². The number of thioether (sulfide) groups is 1. The van der Waals surface area contributed by atoms with Crippen LogP contribution in [-0.4, -0.2) is 36.3 Å². The normalized spacial score (nSPS) is 10.8. The highest BCUT2D eigenvalue weighted by Gasteiger charge is 2.13. The Morgan fingerprint density at radius 2 is 1.27 bits per heavy atom. The van der Waals surface area contributed by atoms with Crippen molar-refractivity contribution in [1.82, 2.24) is 4.90 Å². The van der Waals surface area contributed by atoms with E-state index >= 15 is 0 Å². The zero-order valence-electron chi connectivity index (χ0n) is 19.3. The van der Waals surface area contributed by atoms with Gasteiger partial charge in [-0.1, -0.05) is 36.0 Å². The van der Waals surface area contributed by atoms with Crippen LogP contribution in [0.2, 0.25) is 0 Å². The fourth-order valence-electron chi connectivity index (χ4n) is 3.22. The Morgan fingerprint density at radius 1 is 0.818 bits per heavy atom. The van der Waals surface area contributed by atoms with Gasteiger partial charge in [-0.15, -0.1) is 24.0 Å². The van der Waals surface area contributed by atoms with Gasteiger partial charge in [0.15, 0.2) is 11.0 Å². The molecule has 0 spiro atoms. The van der Waals surface area contributed by atoms with Gasteiger partial charge in [0.05, 0.1) is 19.9 Å². The van der Waals surface area contributed by atoms with Crippen molar-refractivity contribution in [3.05, 3.63) is 89.5 Å². The van der Waals surface area contributed by atoms with Crippen LogP contribution in [0.25, 0.3) is 0 Å². The smallest absolute Gasteiger partial charge is 0.164 e. The van der Waals surface area contributed by atoms with Gasteiger partial charge in [-0.2, -0.15) is 0 Å². The van der Waals surface area contributed by atoms with E-state index in [-0.39, 0.29) is 29.8 Å². The molecule has 174 valence electrons. The number of hydrogen-bond acceptors (Lipinski definition) is 5. The van der Waals surface area contributed by atoms with E-state index in [0.29, 0.717) is 18.7 Å². The van der Waals surface area contributed by atoms with E-state index in [4.69, 9.17) is 14.5 Å². The fraction of sp³-hybridized carbons (Fsp3) is 0.231. The highest BCUT2D eigenvalue weighted by Crippen LogP contribution is 2.23. The summed E-state index contributed by atoms with van der Waals surface area (Å²) in [5, 5.41) is 0.896. The molecule has 0 N–H and O–H groups in total. The van der Waals surface area contributed by atoms with Gasteiger partial charge >= 0.3 is 0 Å². The lowest BCUT2D eigenvalue weighted by Gasteiger charge is -2.26. The van der Waals surface area contributed by atoms with Crippen LogP contribution in [0.5, 0.6) is 11.5 Å². The van der Waals surface area contributed by atoms with Crippen molar-refractivity contribution in [3.8, 4) is 11.5 Å². The molecule has 0 heterocycles. The maximum absolute atomic E-state index is 11.6. The van der Waals surface area contributed by atoms with Gasteiger partial charge in [-0.3, -0.25) is 4.79 Å².